The molecule has 28 heavy (non-hydrogen) atoms. The molecule has 5 atom stereocenters. The Balaban J connectivity index is 2.12. The second kappa shape index (κ2) is 7.22. The number of rotatable bonds is 3. The zero-order valence-corrected chi connectivity index (χ0v) is 17.3. The first kappa shape index (κ1) is 20.4. The minimum atomic E-state index is -0.708. The summed E-state index contributed by atoms with van der Waals surface area (Å²) in [7, 11) is 0. The number of esters is 2. The zero-order valence-electron chi connectivity index (χ0n) is 17.3. The van der Waals surface area contributed by atoms with Gasteiger partial charge in [-0.05, 0) is 39.2 Å². The SMILES string of the molecule is CC=C(C)C(=O)O[C@@H]1c2c(C)coc2C(=O)[C@@H]2CC[C@@H](OC(C)=O)[C@H](C)[C@@]12C. The van der Waals surface area contributed by atoms with Gasteiger partial charge in [0.05, 0.1) is 6.26 Å². The summed E-state index contributed by atoms with van der Waals surface area (Å²) in [6.45, 7) is 10.6. The Labute approximate surface area is 165 Å². The van der Waals surface area contributed by atoms with E-state index in [0.29, 0.717) is 24.0 Å². The molecular formula is C22H28O6. The first-order valence-electron chi connectivity index (χ1n) is 9.76. The van der Waals surface area contributed by atoms with Crippen molar-refractivity contribution in [1.82, 2.24) is 0 Å². The maximum atomic E-state index is 13.2. The summed E-state index contributed by atoms with van der Waals surface area (Å²) in [5.74, 6) is -1.08. The Morgan fingerprint density at radius 2 is 1.93 bits per heavy atom. The van der Waals surface area contributed by atoms with E-state index in [1.54, 1.807) is 26.2 Å². The van der Waals surface area contributed by atoms with Gasteiger partial charge in [-0.3, -0.25) is 9.59 Å². The van der Waals surface area contributed by atoms with Crippen LogP contribution >= 0.6 is 0 Å². The fourth-order valence-electron chi connectivity index (χ4n) is 4.76. The molecule has 2 aliphatic carbocycles. The van der Waals surface area contributed by atoms with Gasteiger partial charge in [0.15, 0.2) is 5.76 Å². The van der Waals surface area contributed by atoms with Crippen LogP contribution in [0.3, 0.4) is 0 Å². The van der Waals surface area contributed by atoms with Crippen molar-refractivity contribution in [3.63, 3.8) is 0 Å². The van der Waals surface area contributed by atoms with Crippen molar-refractivity contribution in [1.29, 1.82) is 0 Å². The summed E-state index contributed by atoms with van der Waals surface area (Å²) in [5.41, 5.74) is 1.21. The Morgan fingerprint density at radius 1 is 1.25 bits per heavy atom. The molecule has 2 aliphatic rings. The van der Waals surface area contributed by atoms with E-state index in [9.17, 15) is 14.4 Å². The fourth-order valence-corrected chi connectivity index (χ4v) is 4.76. The Hall–Kier alpha value is -2.37. The average Bonchev–Trinajstić information content (AvgIpc) is 3.02. The molecule has 0 spiro atoms. The van der Waals surface area contributed by atoms with Gasteiger partial charge in [0, 0.05) is 35.3 Å². The number of hydrogen-bond donors (Lipinski definition) is 0. The van der Waals surface area contributed by atoms with E-state index in [-0.39, 0.29) is 35.5 Å². The van der Waals surface area contributed by atoms with Crippen LogP contribution in [-0.2, 0) is 19.1 Å². The third-order valence-electron chi connectivity index (χ3n) is 6.72. The molecule has 1 saturated carbocycles. The van der Waals surface area contributed by atoms with Gasteiger partial charge in [0.25, 0.3) is 0 Å². The van der Waals surface area contributed by atoms with Crippen molar-refractivity contribution in [3.8, 4) is 0 Å². The third kappa shape index (κ3) is 2.99. The van der Waals surface area contributed by atoms with Crippen molar-refractivity contribution in [3.05, 3.63) is 34.8 Å². The summed E-state index contributed by atoms with van der Waals surface area (Å²) in [4.78, 5) is 37.5. The van der Waals surface area contributed by atoms with E-state index in [1.807, 2.05) is 20.8 Å². The molecule has 1 aromatic heterocycles. The number of Topliss-reactive ketones (excluding diaryl/α,β-unsaturated/α-hetero) is 1. The quantitative estimate of drug-likeness (QED) is 0.566. The van der Waals surface area contributed by atoms with Gasteiger partial charge in [-0.25, -0.2) is 4.79 Å². The van der Waals surface area contributed by atoms with E-state index >= 15 is 0 Å². The normalized spacial score (nSPS) is 32.4. The summed E-state index contributed by atoms with van der Waals surface area (Å²) in [5, 5.41) is 0. The average molecular weight is 388 g/mol. The fraction of sp³-hybridized carbons (Fsp3) is 0.591. The molecular weight excluding hydrogens is 360 g/mol. The van der Waals surface area contributed by atoms with E-state index < -0.39 is 17.5 Å². The maximum absolute atomic E-state index is 13.2. The first-order chi connectivity index (χ1) is 13.1. The molecule has 0 radical (unpaired) electrons. The van der Waals surface area contributed by atoms with Gasteiger partial charge >= 0.3 is 11.9 Å². The molecule has 0 aliphatic heterocycles. The van der Waals surface area contributed by atoms with Gasteiger partial charge in [-0.2, -0.15) is 0 Å². The number of aryl methyl sites for hydroxylation is 1. The van der Waals surface area contributed by atoms with Crippen LogP contribution in [-0.4, -0.2) is 23.8 Å². The second-order valence-electron chi connectivity index (χ2n) is 8.22. The molecule has 1 heterocycles. The summed E-state index contributed by atoms with van der Waals surface area (Å²) >= 11 is 0. The van der Waals surface area contributed by atoms with Crippen molar-refractivity contribution in [2.75, 3.05) is 0 Å². The summed E-state index contributed by atoms with van der Waals surface area (Å²) in [6.07, 6.45) is 3.40. The van der Waals surface area contributed by atoms with Crippen LogP contribution in [0, 0.1) is 24.2 Å². The van der Waals surface area contributed by atoms with Crippen molar-refractivity contribution >= 4 is 17.7 Å². The van der Waals surface area contributed by atoms with Gasteiger partial charge in [0.1, 0.15) is 12.2 Å². The van der Waals surface area contributed by atoms with Crippen LogP contribution in [0.2, 0.25) is 0 Å². The molecule has 0 bridgehead atoms. The molecule has 0 amide bonds. The Bertz CT molecular complexity index is 847. The summed E-state index contributed by atoms with van der Waals surface area (Å²) < 4.78 is 17.1. The van der Waals surface area contributed by atoms with Crippen LogP contribution < -0.4 is 0 Å². The van der Waals surface area contributed by atoms with E-state index in [4.69, 9.17) is 13.9 Å². The maximum Gasteiger partial charge on any atom is 0.334 e. The van der Waals surface area contributed by atoms with Gasteiger partial charge < -0.3 is 13.9 Å². The highest BCUT2D eigenvalue weighted by Gasteiger charge is 2.61. The lowest BCUT2D eigenvalue weighted by Gasteiger charge is -2.53. The zero-order chi connectivity index (χ0) is 20.8. The van der Waals surface area contributed by atoms with Gasteiger partial charge in [0.2, 0.25) is 5.78 Å². The number of carbonyl (C=O) groups is 3. The minimum absolute atomic E-state index is 0.0613. The molecule has 0 unspecified atom stereocenters. The summed E-state index contributed by atoms with van der Waals surface area (Å²) in [6, 6.07) is 0. The lowest BCUT2D eigenvalue weighted by molar-refractivity contribution is -0.179. The topological polar surface area (TPSA) is 82.8 Å². The number of ether oxygens (including phenoxy) is 2. The van der Waals surface area contributed by atoms with E-state index in [1.165, 1.54) is 6.92 Å². The highest BCUT2D eigenvalue weighted by atomic mass is 16.6. The smallest absolute Gasteiger partial charge is 0.334 e. The van der Waals surface area contributed by atoms with Crippen LogP contribution in [0.4, 0.5) is 0 Å². The predicted octanol–water partition coefficient (Wildman–Crippen LogP) is 4.32. The highest BCUT2D eigenvalue weighted by molar-refractivity contribution is 5.99. The molecule has 0 aromatic carbocycles. The largest absolute Gasteiger partial charge is 0.462 e. The number of carbonyl (C=O) groups excluding carboxylic acids is 3. The molecule has 1 fully saturated rings. The van der Waals surface area contributed by atoms with Crippen LogP contribution in [0.5, 0.6) is 0 Å². The van der Waals surface area contributed by atoms with Crippen molar-refractivity contribution < 1.29 is 28.3 Å². The molecule has 0 saturated heterocycles. The standard InChI is InChI=1S/C22H28O6/c1-7-11(2)21(25)28-20-17-12(3)10-26-19(17)18(24)15-8-9-16(27-14(5)23)13(4)22(15,20)6/h7,10,13,15-16,20H,8-9H2,1-6H3/t13-,15-,16+,20+,22+/m0/s1. The van der Waals surface area contributed by atoms with Crippen LogP contribution in [0.25, 0.3) is 0 Å². The third-order valence-corrected chi connectivity index (χ3v) is 6.72. The monoisotopic (exact) mass is 388 g/mol. The van der Waals surface area contributed by atoms with Gasteiger partial charge in [-0.15, -0.1) is 0 Å². The minimum Gasteiger partial charge on any atom is -0.462 e. The second-order valence-corrected chi connectivity index (χ2v) is 8.22. The van der Waals surface area contributed by atoms with Crippen LogP contribution in [0.15, 0.2) is 22.3 Å². The lowest BCUT2D eigenvalue weighted by atomic mass is 9.53. The molecule has 152 valence electrons. The molecule has 6 nitrogen and oxygen atoms in total. The van der Waals surface area contributed by atoms with E-state index in [0.717, 1.165) is 5.56 Å². The van der Waals surface area contributed by atoms with Crippen molar-refractivity contribution in [2.45, 2.75) is 66.6 Å². The highest BCUT2D eigenvalue weighted by Crippen LogP contribution is 2.60. The first-order valence-corrected chi connectivity index (χ1v) is 9.76. The number of ketones is 1. The Morgan fingerprint density at radius 3 is 2.54 bits per heavy atom. The number of allylic oxidation sites excluding steroid dienone is 1. The van der Waals surface area contributed by atoms with E-state index in [2.05, 4.69) is 0 Å². The number of fused-ring (bicyclic) bond motifs is 2. The van der Waals surface area contributed by atoms with Gasteiger partial charge in [-0.1, -0.05) is 19.9 Å². The number of furan rings is 1. The number of hydrogen-bond acceptors (Lipinski definition) is 6. The molecule has 0 N–H and O–H groups in total. The lowest BCUT2D eigenvalue weighted by Crippen LogP contribution is -2.55. The molecule has 1 aromatic rings. The molecule has 6 heteroatoms. The van der Waals surface area contributed by atoms with Crippen molar-refractivity contribution in [2.24, 2.45) is 17.3 Å². The van der Waals surface area contributed by atoms with Crippen LogP contribution in [0.1, 0.15) is 75.2 Å². The predicted molar refractivity (Wildman–Crippen MR) is 102 cm³/mol. The molecule has 3 rings (SSSR count). The Kier molecular flexibility index (Phi) is 5.26.